The highest BCUT2D eigenvalue weighted by Gasteiger charge is 2.39. The van der Waals surface area contributed by atoms with E-state index in [4.69, 9.17) is 10.5 Å². The summed E-state index contributed by atoms with van der Waals surface area (Å²) in [4.78, 5) is 25.2. The van der Waals surface area contributed by atoms with Crippen molar-refractivity contribution in [2.75, 3.05) is 6.61 Å². The van der Waals surface area contributed by atoms with Crippen LogP contribution in [-0.4, -0.2) is 35.2 Å². The van der Waals surface area contributed by atoms with Gasteiger partial charge in [0, 0.05) is 6.42 Å². The number of phenolic OH excluding ortho intramolecular Hbond substituents is 1. The Balaban J connectivity index is 1.99. The standard InChI is InChI=1S/C21H32N2O4/c1-2-3-4-7-14-27-19(25)18(15-16-8-10-17(24)11-9-16)23-20(26)21(22)12-5-6-13-21/h8-11,18,24H,2-7,12-15,22H2,1H3,(H,23,26)/t18-/m0/s1. The van der Waals surface area contributed by atoms with Crippen molar-refractivity contribution in [2.45, 2.75) is 76.3 Å². The van der Waals surface area contributed by atoms with Gasteiger partial charge in [0.1, 0.15) is 11.8 Å². The van der Waals surface area contributed by atoms with E-state index >= 15 is 0 Å². The lowest BCUT2D eigenvalue weighted by Crippen LogP contribution is -2.56. The number of hydrogen-bond acceptors (Lipinski definition) is 5. The molecule has 0 bridgehead atoms. The molecular formula is C21H32N2O4. The molecule has 0 radical (unpaired) electrons. The Hall–Kier alpha value is -2.08. The first-order chi connectivity index (χ1) is 12.9. The first kappa shape index (κ1) is 21.2. The van der Waals surface area contributed by atoms with Gasteiger partial charge in [0.2, 0.25) is 5.91 Å². The molecule has 27 heavy (non-hydrogen) atoms. The minimum Gasteiger partial charge on any atom is -0.508 e. The zero-order valence-electron chi connectivity index (χ0n) is 16.2. The lowest BCUT2D eigenvalue weighted by molar-refractivity contribution is -0.148. The van der Waals surface area contributed by atoms with Crippen molar-refractivity contribution in [3.63, 3.8) is 0 Å². The SMILES string of the molecule is CCCCCCOC(=O)[C@H](Cc1ccc(O)cc1)NC(=O)C1(N)CCCC1. The van der Waals surface area contributed by atoms with Gasteiger partial charge in [-0.3, -0.25) is 4.79 Å². The smallest absolute Gasteiger partial charge is 0.328 e. The second-order valence-electron chi connectivity index (χ2n) is 7.49. The van der Waals surface area contributed by atoms with Gasteiger partial charge >= 0.3 is 5.97 Å². The van der Waals surface area contributed by atoms with Gasteiger partial charge in [-0.2, -0.15) is 0 Å². The number of phenols is 1. The van der Waals surface area contributed by atoms with Crippen LogP contribution in [0.1, 0.15) is 63.9 Å². The zero-order chi connectivity index (χ0) is 19.7. The normalized spacial score (nSPS) is 16.7. The average molecular weight is 376 g/mol. The molecule has 1 atom stereocenters. The van der Waals surface area contributed by atoms with Crippen LogP contribution in [0.15, 0.2) is 24.3 Å². The minimum absolute atomic E-state index is 0.157. The molecule has 1 amide bonds. The molecule has 150 valence electrons. The van der Waals surface area contributed by atoms with E-state index in [2.05, 4.69) is 12.2 Å². The molecule has 2 rings (SSSR count). The summed E-state index contributed by atoms with van der Waals surface area (Å²) in [6.45, 7) is 2.48. The quantitative estimate of drug-likeness (QED) is 0.430. The summed E-state index contributed by atoms with van der Waals surface area (Å²) in [6, 6.07) is 5.81. The Morgan fingerprint density at radius 3 is 2.48 bits per heavy atom. The second-order valence-corrected chi connectivity index (χ2v) is 7.49. The maximum Gasteiger partial charge on any atom is 0.328 e. The number of nitrogens with one attached hydrogen (secondary N) is 1. The molecule has 1 saturated carbocycles. The Bertz CT molecular complexity index is 609. The highest BCUT2D eigenvalue weighted by atomic mass is 16.5. The van der Waals surface area contributed by atoms with Gasteiger partial charge in [0.25, 0.3) is 0 Å². The monoisotopic (exact) mass is 376 g/mol. The molecule has 1 aliphatic carbocycles. The van der Waals surface area contributed by atoms with Crippen molar-refractivity contribution in [3.8, 4) is 5.75 Å². The number of aromatic hydroxyl groups is 1. The number of carbonyl (C=O) groups is 2. The third-order valence-corrected chi connectivity index (χ3v) is 5.16. The third-order valence-electron chi connectivity index (χ3n) is 5.16. The number of ether oxygens (including phenoxy) is 1. The molecule has 1 aromatic carbocycles. The van der Waals surface area contributed by atoms with Crippen LogP contribution in [-0.2, 0) is 20.7 Å². The molecule has 0 saturated heterocycles. The van der Waals surface area contributed by atoms with E-state index in [1.807, 2.05) is 0 Å². The average Bonchev–Trinajstić information content (AvgIpc) is 3.10. The largest absolute Gasteiger partial charge is 0.508 e. The second kappa shape index (κ2) is 10.3. The first-order valence-corrected chi connectivity index (χ1v) is 9.99. The summed E-state index contributed by atoms with van der Waals surface area (Å²) >= 11 is 0. The predicted octanol–water partition coefficient (Wildman–Crippen LogP) is 2.81. The van der Waals surface area contributed by atoms with E-state index in [-0.39, 0.29) is 11.7 Å². The van der Waals surface area contributed by atoms with E-state index in [0.29, 0.717) is 25.9 Å². The van der Waals surface area contributed by atoms with Crippen LogP contribution >= 0.6 is 0 Å². The van der Waals surface area contributed by atoms with Gasteiger partial charge in [0.05, 0.1) is 12.1 Å². The van der Waals surface area contributed by atoms with E-state index in [0.717, 1.165) is 44.1 Å². The molecule has 4 N–H and O–H groups in total. The summed E-state index contributed by atoms with van der Waals surface area (Å²) < 4.78 is 5.40. The van der Waals surface area contributed by atoms with Crippen molar-refractivity contribution < 1.29 is 19.4 Å². The van der Waals surface area contributed by atoms with Crippen LogP contribution in [0.2, 0.25) is 0 Å². The summed E-state index contributed by atoms with van der Waals surface area (Å²) in [5.74, 6) is -0.564. The first-order valence-electron chi connectivity index (χ1n) is 9.99. The Morgan fingerprint density at radius 1 is 1.19 bits per heavy atom. The fraction of sp³-hybridized carbons (Fsp3) is 0.619. The van der Waals surface area contributed by atoms with Crippen molar-refractivity contribution in [3.05, 3.63) is 29.8 Å². The van der Waals surface area contributed by atoms with Gasteiger partial charge in [0.15, 0.2) is 0 Å². The number of carbonyl (C=O) groups excluding carboxylic acids is 2. The topological polar surface area (TPSA) is 102 Å². The highest BCUT2D eigenvalue weighted by molar-refractivity contribution is 5.90. The molecule has 1 aliphatic rings. The molecular weight excluding hydrogens is 344 g/mol. The maximum absolute atomic E-state index is 12.7. The fourth-order valence-electron chi connectivity index (χ4n) is 3.40. The van der Waals surface area contributed by atoms with E-state index in [9.17, 15) is 14.7 Å². The van der Waals surface area contributed by atoms with Gasteiger partial charge in [-0.05, 0) is 37.0 Å². The number of hydrogen-bond donors (Lipinski definition) is 3. The predicted molar refractivity (Wildman–Crippen MR) is 104 cm³/mol. The number of amides is 1. The Morgan fingerprint density at radius 2 is 1.85 bits per heavy atom. The molecule has 0 aliphatic heterocycles. The Labute approximate surface area is 161 Å². The summed E-state index contributed by atoms with van der Waals surface area (Å²) in [7, 11) is 0. The van der Waals surface area contributed by atoms with E-state index in [1.54, 1.807) is 24.3 Å². The summed E-state index contributed by atoms with van der Waals surface area (Å²) in [5.41, 5.74) is 6.16. The number of rotatable bonds is 10. The lowest BCUT2D eigenvalue weighted by atomic mass is 9.96. The van der Waals surface area contributed by atoms with E-state index in [1.165, 1.54) is 0 Å². The third kappa shape index (κ3) is 6.54. The van der Waals surface area contributed by atoms with Crippen molar-refractivity contribution in [1.82, 2.24) is 5.32 Å². The fourth-order valence-corrected chi connectivity index (χ4v) is 3.40. The highest BCUT2D eigenvalue weighted by Crippen LogP contribution is 2.27. The number of nitrogens with two attached hydrogens (primary N) is 1. The summed E-state index contributed by atoms with van der Waals surface area (Å²) in [6.07, 6.45) is 7.49. The number of esters is 1. The lowest BCUT2D eigenvalue weighted by Gasteiger charge is -2.26. The van der Waals surface area contributed by atoms with Crippen LogP contribution in [0, 0.1) is 0 Å². The van der Waals surface area contributed by atoms with Crippen LogP contribution < -0.4 is 11.1 Å². The van der Waals surface area contributed by atoms with Gasteiger partial charge in [-0.15, -0.1) is 0 Å². The molecule has 0 aromatic heterocycles. The van der Waals surface area contributed by atoms with Crippen LogP contribution in [0.4, 0.5) is 0 Å². The number of benzene rings is 1. The van der Waals surface area contributed by atoms with Crippen molar-refractivity contribution in [1.29, 1.82) is 0 Å². The zero-order valence-corrected chi connectivity index (χ0v) is 16.2. The molecule has 0 heterocycles. The molecule has 1 fully saturated rings. The van der Waals surface area contributed by atoms with Crippen molar-refractivity contribution >= 4 is 11.9 Å². The minimum atomic E-state index is -0.894. The van der Waals surface area contributed by atoms with E-state index < -0.39 is 17.6 Å². The summed E-state index contributed by atoms with van der Waals surface area (Å²) in [5, 5.41) is 12.2. The molecule has 0 spiro atoms. The van der Waals surface area contributed by atoms with Gasteiger partial charge in [-0.25, -0.2) is 4.79 Å². The van der Waals surface area contributed by atoms with Gasteiger partial charge < -0.3 is 20.9 Å². The van der Waals surface area contributed by atoms with Crippen molar-refractivity contribution in [2.24, 2.45) is 5.73 Å². The van der Waals surface area contributed by atoms with Gasteiger partial charge in [-0.1, -0.05) is 51.2 Å². The molecule has 6 nitrogen and oxygen atoms in total. The molecule has 6 heteroatoms. The maximum atomic E-state index is 12.7. The molecule has 0 unspecified atom stereocenters. The van der Waals surface area contributed by atoms with Crippen LogP contribution in [0.5, 0.6) is 5.75 Å². The Kier molecular flexibility index (Phi) is 8.10. The van der Waals surface area contributed by atoms with Crippen LogP contribution in [0.25, 0.3) is 0 Å². The van der Waals surface area contributed by atoms with Crippen LogP contribution in [0.3, 0.4) is 0 Å². The molecule has 1 aromatic rings. The number of unbranched alkanes of at least 4 members (excludes halogenated alkanes) is 3.